The molecule has 3 rings (SSSR count). The Balaban J connectivity index is 1.78. The van der Waals surface area contributed by atoms with Gasteiger partial charge in [0.2, 0.25) is 0 Å². The highest BCUT2D eigenvalue weighted by molar-refractivity contribution is 6.19. The van der Waals surface area contributed by atoms with Crippen LogP contribution in [0.25, 0.3) is 11.0 Å². The van der Waals surface area contributed by atoms with Crippen molar-refractivity contribution in [1.82, 2.24) is 5.32 Å². The largest absolute Gasteiger partial charge is 0.451 e. The van der Waals surface area contributed by atoms with Crippen LogP contribution >= 0.6 is 11.6 Å². The number of benzene rings is 1. The molecule has 1 aliphatic carbocycles. The molecule has 0 aliphatic heterocycles. The zero-order chi connectivity index (χ0) is 14.9. The zero-order valence-corrected chi connectivity index (χ0v) is 13.0. The quantitative estimate of drug-likeness (QED) is 0.857. The first-order valence-corrected chi connectivity index (χ1v) is 8.02. The molecular formula is C17H20ClNO2. The summed E-state index contributed by atoms with van der Waals surface area (Å²) in [6.07, 6.45) is 4.08. The summed E-state index contributed by atoms with van der Waals surface area (Å²) in [4.78, 5) is 12.5. The molecule has 0 bridgehead atoms. The topological polar surface area (TPSA) is 42.2 Å². The molecule has 3 nitrogen and oxygen atoms in total. The van der Waals surface area contributed by atoms with Crippen molar-refractivity contribution in [3.63, 3.8) is 0 Å². The number of furan rings is 1. The van der Waals surface area contributed by atoms with Gasteiger partial charge in [-0.05, 0) is 43.7 Å². The summed E-state index contributed by atoms with van der Waals surface area (Å²) >= 11 is 6.15. The van der Waals surface area contributed by atoms with E-state index < -0.39 is 0 Å². The summed E-state index contributed by atoms with van der Waals surface area (Å²) in [6, 6.07) is 9.43. The molecule has 1 heterocycles. The van der Waals surface area contributed by atoms with Crippen LogP contribution in [0.4, 0.5) is 0 Å². The van der Waals surface area contributed by atoms with Crippen molar-refractivity contribution in [3.8, 4) is 0 Å². The Labute approximate surface area is 129 Å². The predicted molar refractivity (Wildman–Crippen MR) is 84.8 cm³/mol. The van der Waals surface area contributed by atoms with Crippen LogP contribution in [0.15, 0.2) is 34.7 Å². The summed E-state index contributed by atoms with van der Waals surface area (Å²) in [7, 11) is 0. The number of carbonyl (C=O) groups is 1. The third kappa shape index (κ3) is 2.93. The minimum atomic E-state index is -0.288. The van der Waals surface area contributed by atoms with Gasteiger partial charge in [0, 0.05) is 11.3 Å². The van der Waals surface area contributed by atoms with Gasteiger partial charge in [0.25, 0.3) is 5.91 Å². The first-order chi connectivity index (χ1) is 10.1. The van der Waals surface area contributed by atoms with Crippen LogP contribution in [0.3, 0.4) is 0 Å². The fourth-order valence-corrected chi connectivity index (χ4v) is 3.34. The van der Waals surface area contributed by atoms with Crippen LogP contribution < -0.4 is 5.32 Å². The number of hydrogen-bond donors (Lipinski definition) is 1. The molecule has 21 heavy (non-hydrogen) atoms. The van der Waals surface area contributed by atoms with Gasteiger partial charge < -0.3 is 9.73 Å². The second-order valence-electron chi connectivity index (χ2n) is 6.20. The molecule has 1 aliphatic rings. The van der Waals surface area contributed by atoms with E-state index in [4.69, 9.17) is 16.0 Å². The van der Waals surface area contributed by atoms with Crippen LogP contribution in [0.5, 0.6) is 0 Å². The lowest BCUT2D eigenvalue weighted by molar-refractivity contribution is 0.0846. The van der Waals surface area contributed by atoms with Gasteiger partial charge in [-0.2, -0.15) is 0 Å². The minimum absolute atomic E-state index is 0.165. The van der Waals surface area contributed by atoms with E-state index >= 15 is 0 Å². The molecule has 1 amide bonds. The molecule has 1 aromatic heterocycles. The number of para-hydroxylation sites is 1. The lowest BCUT2D eigenvalue weighted by Crippen LogP contribution is -2.52. The summed E-state index contributed by atoms with van der Waals surface area (Å²) in [6.45, 7) is 2.25. The lowest BCUT2D eigenvalue weighted by Gasteiger charge is -2.38. The van der Waals surface area contributed by atoms with E-state index in [0.717, 1.165) is 36.7 Å². The molecule has 2 aromatic rings. The van der Waals surface area contributed by atoms with Gasteiger partial charge in [-0.15, -0.1) is 11.6 Å². The fourth-order valence-electron chi connectivity index (χ4n) is 3.00. The van der Waals surface area contributed by atoms with Gasteiger partial charge in [-0.1, -0.05) is 25.1 Å². The molecule has 0 saturated heterocycles. The number of alkyl halides is 1. The molecule has 0 unspecified atom stereocenters. The van der Waals surface area contributed by atoms with Crippen LogP contribution in [-0.2, 0) is 0 Å². The Morgan fingerprint density at radius 1 is 1.38 bits per heavy atom. The molecule has 1 N–H and O–H groups in total. The van der Waals surface area contributed by atoms with Crippen molar-refractivity contribution >= 4 is 28.5 Å². The van der Waals surface area contributed by atoms with Crippen molar-refractivity contribution in [3.05, 3.63) is 36.1 Å². The molecule has 0 radical (unpaired) electrons. The predicted octanol–water partition coefficient (Wildman–Crippen LogP) is 4.35. The van der Waals surface area contributed by atoms with E-state index in [2.05, 4.69) is 12.2 Å². The van der Waals surface area contributed by atoms with E-state index in [0.29, 0.717) is 17.6 Å². The number of hydrogen-bond acceptors (Lipinski definition) is 2. The smallest absolute Gasteiger partial charge is 0.287 e. The van der Waals surface area contributed by atoms with Gasteiger partial charge in [-0.25, -0.2) is 0 Å². The summed E-state index contributed by atoms with van der Waals surface area (Å²) in [5.74, 6) is 1.36. The van der Waals surface area contributed by atoms with Gasteiger partial charge in [0.15, 0.2) is 5.76 Å². The Morgan fingerprint density at radius 3 is 2.76 bits per heavy atom. The number of amides is 1. The summed E-state index contributed by atoms with van der Waals surface area (Å²) < 4.78 is 5.63. The Bertz CT molecular complexity index is 608. The SMILES string of the molecule is CC1CCC(CCl)(NC(=O)c2cc3ccccc3o2)CC1. The van der Waals surface area contributed by atoms with Gasteiger partial charge in [-0.3, -0.25) is 4.79 Å². The normalized spacial score (nSPS) is 25.9. The number of rotatable bonds is 3. The number of halogens is 1. The highest BCUT2D eigenvalue weighted by Crippen LogP contribution is 2.33. The van der Waals surface area contributed by atoms with Crippen LogP contribution in [0, 0.1) is 5.92 Å². The molecule has 0 atom stereocenters. The Kier molecular flexibility index (Phi) is 3.94. The monoisotopic (exact) mass is 305 g/mol. The highest BCUT2D eigenvalue weighted by Gasteiger charge is 2.35. The van der Waals surface area contributed by atoms with Crippen molar-refractivity contribution in [2.45, 2.75) is 38.1 Å². The maximum atomic E-state index is 12.5. The van der Waals surface area contributed by atoms with Crippen molar-refractivity contribution < 1.29 is 9.21 Å². The second-order valence-corrected chi connectivity index (χ2v) is 6.47. The highest BCUT2D eigenvalue weighted by atomic mass is 35.5. The molecule has 1 fully saturated rings. The summed E-state index contributed by atoms with van der Waals surface area (Å²) in [5.41, 5.74) is 0.448. The molecule has 1 saturated carbocycles. The van der Waals surface area contributed by atoms with Crippen LogP contribution in [0.2, 0.25) is 0 Å². The van der Waals surface area contributed by atoms with Crippen molar-refractivity contribution in [2.24, 2.45) is 5.92 Å². The number of carbonyl (C=O) groups excluding carboxylic acids is 1. The number of fused-ring (bicyclic) bond motifs is 1. The average molecular weight is 306 g/mol. The van der Waals surface area contributed by atoms with Crippen LogP contribution in [0.1, 0.15) is 43.2 Å². The van der Waals surface area contributed by atoms with Crippen LogP contribution in [-0.4, -0.2) is 17.3 Å². The molecule has 0 spiro atoms. The molecular weight excluding hydrogens is 286 g/mol. The molecule has 4 heteroatoms. The van der Waals surface area contributed by atoms with Gasteiger partial charge >= 0.3 is 0 Å². The van der Waals surface area contributed by atoms with Crippen molar-refractivity contribution in [2.75, 3.05) is 5.88 Å². The fraction of sp³-hybridized carbons (Fsp3) is 0.471. The third-order valence-electron chi connectivity index (χ3n) is 4.52. The van der Waals surface area contributed by atoms with E-state index in [1.807, 2.05) is 24.3 Å². The zero-order valence-electron chi connectivity index (χ0n) is 12.2. The molecule has 1 aromatic carbocycles. The maximum Gasteiger partial charge on any atom is 0.287 e. The molecule has 112 valence electrons. The first kappa shape index (κ1) is 14.5. The maximum absolute atomic E-state index is 12.5. The van der Waals surface area contributed by atoms with E-state index in [1.165, 1.54) is 0 Å². The minimum Gasteiger partial charge on any atom is -0.451 e. The van der Waals surface area contributed by atoms with E-state index in [1.54, 1.807) is 6.07 Å². The van der Waals surface area contributed by atoms with E-state index in [9.17, 15) is 4.79 Å². The Morgan fingerprint density at radius 2 is 2.10 bits per heavy atom. The summed E-state index contributed by atoms with van der Waals surface area (Å²) in [5, 5.41) is 4.06. The Hall–Kier alpha value is -1.48. The van der Waals surface area contributed by atoms with Gasteiger partial charge in [0.1, 0.15) is 5.58 Å². The van der Waals surface area contributed by atoms with E-state index in [-0.39, 0.29) is 11.4 Å². The standard InChI is InChI=1S/C17H20ClNO2/c1-12-6-8-17(11-18,9-7-12)19-16(20)15-10-13-4-2-3-5-14(13)21-15/h2-5,10,12H,6-9,11H2,1H3,(H,19,20). The average Bonchev–Trinajstić information content (AvgIpc) is 2.94. The third-order valence-corrected chi connectivity index (χ3v) is 5.03. The van der Waals surface area contributed by atoms with Gasteiger partial charge in [0.05, 0.1) is 5.54 Å². The second kappa shape index (κ2) is 5.72. The van der Waals surface area contributed by atoms with Crippen molar-refractivity contribution in [1.29, 1.82) is 0 Å². The number of nitrogens with one attached hydrogen (secondary N) is 1. The lowest BCUT2D eigenvalue weighted by atomic mass is 9.78. The first-order valence-electron chi connectivity index (χ1n) is 7.49.